The minimum atomic E-state index is -1.29. The Morgan fingerprint density at radius 3 is 2.38 bits per heavy atom. The Hall–Kier alpha value is -2.44. The molecule has 7 heteroatoms. The molecule has 0 aliphatic carbocycles. The van der Waals surface area contributed by atoms with Crippen LogP contribution in [0.1, 0.15) is 12.5 Å². The van der Waals surface area contributed by atoms with Crippen LogP contribution in [-0.4, -0.2) is 48.3 Å². The van der Waals surface area contributed by atoms with Crippen molar-refractivity contribution in [3.63, 3.8) is 0 Å². The average molecular weight is 293 g/mol. The first-order valence-corrected chi connectivity index (χ1v) is 6.36. The van der Waals surface area contributed by atoms with Crippen LogP contribution in [0, 0.1) is 5.82 Å². The molecule has 1 heterocycles. The molecule has 0 aromatic heterocycles. The summed E-state index contributed by atoms with van der Waals surface area (Å²) < 4.78 is 13.0. The summed E-state index contributed by atoms with van der Waals surface area (Å²) in [5.74, 6) is -1.32. The number of carbonyl (C=O) groups is 3. The molecule has 4 amide bonds. The number of nitrogens with zero attached hydrogens (tertiary/aromatic N) is 2. The molecule has 0 unspecified atom stereocenters. The second kappa shape index (κ2) is 5.16. The van der Waals surface area contributed by atoms with E-state index in [-0.39, 0.29) is 12.5 Å². The van der Waals surface area contributed by atoms with Crippen LogP contribution in [0.25, 0.3) is 0 Å². The fourth-order valence-electron chi connectivity index (χ4n) is 2.10. The molecule has 1 N–H and O–H groups in total. The standard InChI is InChI=1S/C14H16FN3O3/c1-14(9-4-6-10(15)7-5-9)12(20)18(13(21)16-14)8-11(19)17(2)3/h4-7H,8H2,1-3H3,(H,16,21)/t14-/m0/s1. The summed E-state index contributed by atoms with van der Waals surface area (Å²) in [5.41, 5.74) is -0.834. The van der Waals surface area contributed by atoms with Crippen LogP contribution < -0.4 is 5.32 Å². The fraction of sp³-hybridized carbons (Fsp3) is 0.357. The molecule has 0 saturated carbocycles. The number of carbonyl (C=O) groups excluding carboxylic acids is 3. The predicted octanol–water partition coefficient (Wildman–Crippen LogP) is 0.681. The van der Waals surface area contributed by atoms with Crippen LogP contribution in [-0.2, 0) is 15.1 Å². The highest BCUT2D eigenvalue weighted by molar-refractivity contribution is 6.09. The van der Waals surface area contributed by atoms with Crippen LogP contribution in [0.3, 0.4) is 0 Å². The lowest BCUT2D eigenvalue weighted by Gasteiger charge is -2.22. The van der Waals surface area contributed by atoms with Crippen molar-refractivity contribution < 1.29 is 18.8 Å². The maximum atomic E-state index is 13.0. The van der Waals surface area contributed by atoms with Gasteiger partial charge in [0.1, 0.15) is 17.9 Å². The van der Waals surface area contributed by atoms with Crippen LogP contribution >= 0.6 is 0 Å². The van der Waals surface area contributed by atoms with Crippen LogP contribution in [0.2, 0.25) is 0 Å². The van der Waals surface area contributed by atoms with E-state index in [1.807, 2.05) is 0 Å². The van der Waals surface area contributed by atoms with Gasteiger partial charge >= 0.3 is 6.03 Å². The number of benzene rings is 1. The van der Waals surface area contributed by atoms with Gasteiger partial charge in [-0.3, -0.25) is 14.5 Å². The number of hydrogen-bond acceptors (Lipinski definition) is 3. The molecule has 0 spiro atoms. The molecule has 1 aliphatic rings. The van der Waals surface area contributed by atoms with Crippen molar-refractivity contribution >= 4 is 17.8 Å². The zero-order chi connectivity index (χ0) is 15.8. The second-order valence-corrected chi connectivity index (χ2v) is 5.24. The lowest BCUT2D eigenvalue weighted by atomic mass is 9.92. The Labute approximate surface area is 121 Å². The number of imide groups is 1. The number of urea groups is 1. The van der Waals surface area contributed by atoms with Crippen LogP contribution in [0.4, 0.5) is 9.18 Å². The zero-order valence-corrected chi connectivity index (χ0v) is 12.0. The quantitative estimate of drug-likeness (QED) is 0.833. The van der Waals surface area contributed by atoms with E-state index in [0.29, 0.717) is 5.56 Å². The summed E-state index contributed by atoms with van der Waals surface area (Å²) in [5, 5.41) is 2.55. The molecule has 1 saturated heterocycles. The molecule has 1 aromatic carbocycles. The average Bonchev–Trinajstić information content (AvgIpc) is 2.63. The summed E-state index contributed by atoms with van der Waals surface area (Å²) in [6, 6.07) is 4.67. The fourth-order valence-corrected chi connectivity index (χ4v) is 2.10. The highest BCUT2D eigenvalue weighted by atomic mass is 19.1. The summed E-state index contributed by atoms with van der Waals surface area (Å²) in [6.45, 7) is 1.20. The third-order valence-electron chi connectivity index (χ3n) is 3.49. The molecule has 1 fully saturated rings. The van der Waals surface area contributed by atoms with E-state index in [1.165, 1.54) is 36.1 Å². The first-order valence-electron chi connectivity index (χ1n) is 6.36. The molecule has 1 aliphatic heterocycles. The normalized spacial score (nSPS) is 21.4. The van der Waals surface area contributed by atoms with Gasteiger partial charge in [-0.25, -0.2) is 9.18 Å². The van der Waals surface area contributed by atoms with E-state index in [0.717, 1.165) is 4.90 Å². The highest BCUT2D eigenvalue weighted by Crippen LogP contribution is 2.28. The third kappa shape index (κ3) is 2.58. The van der Waals surface area contributed by atoms with Gasteiger partial charge < -0.3 is 10.2 Å². The first kappa shape index (κ1) is 15.0. The molecule has 0 radical (unpaired) electrons. The van der Waals surface area contributed by atoms with Crippen molar-refractivity contribution in [2.24, 2.45) is 0 Å². The molecular formula is C14H16FN3O3. The minimum Gasteiger partial charge on any atom is -0.347 e. The molecule has 112 valence electrons. The van der Waals surface area contributed by atoms with Crippen molar-refractivity contribution in [1.82, 2.24) is 15.1 Å². The molecule has 6 nitrogen and oxygen atoms in total. The Kier molecular flexibility index (Phi) is 3.67. The van der Waals surface area contributed by atoms with E-state index in [2.05, 4.69) is 5.32 Å². The Morgan fingerprint density at radius 2 is 1.86 bits per heavy atom. The van der Waals surface area contributed by atoms with Crippen LogP contribution in [0.5, 0.6) is 0 Å². The van der Waals surface area contributed by atoms with Gasteiger partial charge in [0, 0.05) is 14.1 Å². The van der Waals surface area contributed by atoms with E-state index in [4.69, 9.17) is 0 Å². The van der Waals surface area contributed by atoms with Gasteiger partial charge in [0.05, 0.1) is 0 Å². The largest absolute Gasteiger partial charge is 0.347 e. The number of hydrogen-bond donors (Lipinski definition) is 1. The monoisotopic (exact) mass is 293 g/mol. The van der Waals surface area contributed by atoms with Crippen molar-refractivity contribution in [2.45, 2.75) is 12.5 Å². The Bertz CT molecular complexity index is 600. The summed E-state index contributed by atoms with van der Waals surface area (Å²) in [4.78, 5) is 38.3. The highest BCUT2D eigenvalue weighted by Gasteiger charge is 2.49. The van der Waals surface area contributed by atoms with Crippen molar-refractivity contribution in [1.29, 1.82) is 0 Å². The van der Waals surface area contributed by atoms with Gasteiger partial charge in [0.15, 0.2) is 0 Å². The van der Waals surface area contributed by atoms with Crippen molar-refractivity contribution in [3.8, 4) is 0 Å². The number of halogens is 1. The molecular weight excluding hydrogens is 277 g/mol. The smallest absolute Gasteiger partial charge is 0.325 e. The maximum Gasteiger partial charge on any atom is 0.325 e. The Balaban J connectivity index is 2.28. The molecule has 21 heavy (non-hydrogen) atoms. The van der Waals surface area contributed by atoms with E-state index in [1.54, 1.807) is 14.1 Å². The lowest BCUT2D eigenvalue weighted by Crippen LogP contribution is -2.43. The number of rotatable bonds is 3. The van der Waals surface area contributed by atoms with Crippen LogP contribution in [0.15, 0.2) is 24.3 Å². The Morgan fingerprint density at radius 1 is 1.29 bits per heavy atom. The maximum absolute atomic E-state index is 13.0. The molecule has 1 atom stereocenters. The summed E-state index contributed by atoms with van der Waals surface area (Å²) in [6.07, 6.45) is 0. The molecule has 0 bridgehead atoms. The molecule has 1 aromatic rings. The van der Waals surface area contributed by atoms with E-state index >= 15 is 0 Å². The zero-order valence-electron chi connectivity index (χ0n) is 12.0. The summed E-state index contributed by atoms with van der Waals surface area (Å²) >= 11 is 0. The van der Waals surface area contributed by atoms with Gasteiger partial charge in [0.2, 0.25) is 5.91 Å². The topological polar surface area (TPSA) is 69.7 Å². The van der Waals surface area contributed by atoms with E-state index in [9.17, 15) is 18.8 Å². The third-order valence-corrected chi connectivity index (χ3v) is 3.49. The van der Waals surface area contributed by atoms with Gasteiger partial charge in [-0.15, -0.1) is 0 Å². The molecule has 2 rings (SSSR count). The second-order valence-electron chi connectivity index (χ2n) is 5.24. The van der Waals surface area contributed by atoms with Gasteiger partial charge in [-0.05, 0) is 24.6 Å². The van der Waals surface area contributed by atoms with Gasteiger partial charge in [-0.2, -0.15) is 0 Å². The number of amides is 4. The predicted molar refractivity (Wildman–Crippen MR) is 72.7 cm³/mol. The minimum absolute atomic E-state index is 0.325. The van der Waals surface area contributed by atoms with E-state index < -0.39 is 23.3 Å². The first-order chi connectivity index (χ1) is 9.75. The van der Waals surface area contributed by atoms with Crippen molar-refractivity contribution in [3.05, 3.63) is 35.6 Å². The lowest BCUT2D eigenvalue weighted by molar-refractivity contribution is -0.137. The SMILES string of the molecule is CN(C)C(=O)CN1C(=O)N[C@@](C)(c2ccc(F)cc2)C1=O. The number of likely N-dealkylation sites (N-methyl/N-ethyl adjacent to an activating group) is 1. The van der Waals surface area contributed by atoms with Gasteiger partial charge in [-0.1, -0.05) is 12.1 Å². The summed E-state index contributed by atoms with van der Waals surface area (Å²) in [7, 11) is 3.08. The van der Waals surface area contributed by atoms with Gasteiger partial charge in [0.25, 0.3) is 5.91 Å². The number of nitrogens with one attached hydrogen (secondary N) is 1. The van der Waals surface area contributed by atoms with Crippen molar-refractivity contribution in [2.75, 3.05) is 20.6 Å².